The molecule has 0 fully saturated rings. The molecule has 0 aliphatic rings. The van der Waals surface area contributed by atoms with E-state index in [1.807, 2.05) is 0 Å². The van der Waals surface area contributed by atoms with Crippen molar-refractivity contribution in [1.82, 2.24) is 10.2 Å². The Labute approximate surface area is 110 Å². The first-order valence-electron chi connectivity index (χ1n) is 5.59. The molecule has 0 spiro atoms. The molecular formula is C12H16ClF3N2. The Morgan fingerprint density at radius 1 is 1.22 bits per heavy atom. The van der Waals surface area contributed by atoms with E-state index < -0.39 is 12.7 Å². The summed E-state index contributed by atoms with van der Waals surface area (Å²) in [5.74, 6) is 0. The van der Waals surface area contributed by atoms with Gasteiger partial charge in [-0.1, -0.05) is 23.7 Å². The molecule has 2 nitrogen and oxygen atoms in total. The van der Waals surface area contributed by atoms with Gasteiger partial charge in [-0.2, -0.15) is 13.2 Å². The summed E-state index contributed by atoms with van der Waals surface area (Å²) < 4.78 is 37.3. The molecule has 0 unspecified atom stereocenters. The Morgan fingerprint density at radius 2 is 1.83 bits per heavy atom. The summed E-state index contributed by atoms with van der Waals surface area (Å²) in [5.41, 5.74) is 0.819. The van der Waals surface area contributed by atoms with E-state index in [1.165, 1.54) is 4.90 Å². The smallest absolute Gasteiger partial charge is 0.318 e. The maximum atomic E-state index is 12.4. The molecule has 0 heterocycles. The number of benzene rings is 1. The number of hydrogen-bond donors (Lipinski definition) is 1. The zero-order chi connectivity index (χ0) is 13.6. The lowest BCUT2D eigenvalue weighted by atomic mass is 10.2. The van der Waals surface area contributed by atoms with E-state index in [2.05, 4.69) is 5.32 Å². The highest BCUT2D eigenvalue weighted by atomic mass is 35.5. The Bertz CT molecular complexity index is 351. The van der Waals surface area contributed by atoms with E-state index in [0.29, 0.717) is 18.1 Å². The first-order valence-corrected chi connectivity index (χ1v) is 5.96. The number of nitrogens with one attached hydrogen (secondary N) is 1. The predicted molar refractivity (Wildman–Crippen MR) is 66.7 cm³/mol. The molecule has 1 rings (SSSR count). The second-order valence-corrected chi connectivity index (χ2v) is 4.49. The lowest BCUT2D eigenvalue weighted by Crippen LogP contribution is -2.37. The maximum Gasteiger partial charge on any atom is 0.401 e. The number of hydrogen-bond acceptors (Lipinski definition) is 2. The van der Waals surface area contributed by atoms with Crippen LogP contribution in [0.1, 0.15) is 5.56 Å². The quantitative estimate of drug-likeness (QED) is 0.862. The molecule has 0 aromatic heterocycles. The second-order valence-electron chi connectivity index (χ2n) is 4.06. The first-order chi connectivity index (χ1) is 8.40. The van der Waals surface area contributed by atoms with Gasteiger partial charge >= 0.3 is 6.18 Å². The van der Waals surface area contributed by atoms with Crippen molar-refractivity contribution in [2.45, 2.75) is 12.7 Å². The summed E-state index contributed by atoms with van der Waals surface area (Å²) in [7, 11) is 1.72. The molecule has 0 radical (unpaired) electrons. The predicted octanol–water partition coefficient (Wildman–Crippen LogP) is 2.92. The number of alkyl halides is 3. The first kappa shape index (κ1) is 15.3. The van der Waals surface area contributed by atoms with Crippen LogP contribution in [0.25, 0.3) is 0 Å². The fraction of sp³-hybridized carbons (Fsp3) is 0.500. The van der Waals surface area contributed by atoms with Crippen LogP contribution in [0.3, 0.4) is 0 Å². The highest BCUT2D eigenvalue weighted by molar-refractivity contribution is 6.30. The van der Waals surface area contributed by atoms with Crippen LogP contribution < -0.4 is 5.32 Å². The molecule has 0 aliphatic heterocycles. The number of likely N-dealkylation sites (N-methyl/N-ethyl adjacent to an activating group) is 1. The Kier molecular flexibility index (Phi) is 5.91. The third kappa shape index (κ3) is 6.23. The number of nitrogens with zero attached hydrogens (tertiary/aromatic N) is 1. The van der Waals surface area contributed by atoms with Crippen LogP contribution in [0.5, 0.6) is 0 Å². The highest BCUT2D eigenvalue weighted by Gasteiger charge is 2.30. The SMILES string of the molecule is CNCCN(Cc1ccc(Cl)cc1)CC(F)(F)F. The van der Waals surface area contributed by atoms with Crippen molar-refractivity contribution >= 4 is 11.6 Å². The fourth-order valence-electron chi connectivity index (χ4n) is 1.59. The van der Waals surface area contributed by atoms with Crippen molar-refractivity contribution < 1.29 is 13.2 Å². The van der Waals surface area contributed by atoms with Crippen molar-refractivity contribution in [2.24, 2.45) is 0 Å². The van der Waals surface area contributed by atoms with Gasteiger partial charge in [0.25, 0.3) is 0 Å². The number of rotatable bonds is 6. The summed E-state index contributed by atoms with van der Waals surface area (Å²) in [4.78, 5) is 1.36. The third-order valence-corrected chi connectivity index (χ3v) is 2.65. The van der Waals surface area contributed by atoms with Crippen LogP contribution in [-0.2, 0) is 6.54 Å². The van der Waals surface area contributed by atoms with Crippen LogP contribution in [0, 0.1) is 0 Å². The fourth-order valence-corrected chi connectivity index (χ4v) is 1.71. The molecule has 1 aromatic carbocycles. The minimum absolute atomic E-state index is 0.262. The highest BCUT2D eigenvalue weighted by Crippen LogP contribution is 2.18. The van der Waals surface area contributed by atoms with Crippen molar-refractivity contribution in [1.29, 1.82) is 0 Å². The molecule has 0 saturated heterocycles. The zero-order valence-corrected chi connectivity index (χ0v) is 10.9. The zero-order valence-electron chi connectivity index (χ0n) is 10.1. The average Bonchev–Trinajstić information content (AvgIpc) is 2.27. The van der Waals surface area contributed by atoms with E-state index in [0.717, 1.165) is 5.56 Å². The summed E-state index contributed by atoms with van der Waals surface area (Å²) in [6, 6.07) is 6.84. The minimum atomic E-state index is -4.18. The van der Waals surface area contributed by atoms with Gasteiger partial charge in [0.1, 0.15) is 0 Å². The topological polar surface area (TPSA) is 15.3 Å². The summed E-state index contributed by atoms with van der Waals surface area (Å²) in [6.45, 7) is 0.220. The molecule has 6 heteroatoms. The van der Waals surface area contributed by atoms with Gasteiger partial charge in [-0.25, -0.2) is 0 Å². The van der Waals surface area contributed by atoms with Crippen LogP contribution in [-0.4, -0.2) is 37.8 Å². The molecule has 18 heavy (non-hydrogen) atoms. The van der Waals surface area contributed by atoms with E-state index in [9.17, 15) is 13.2 Å². The maximum absolute atomic E-state index is 12.4. The van der Waals surface area contributed by atoms with E-state index in [4.69, 9.17) is 11.6 Å². The van der Waals surface area contributed by atoms with Crippen LogP contribution in [0.15, 0.2) is 24.3 Å². The molecule has 0 atom stereocenters. The van der Waals surface area contributed by atoms with Gasteiger partial charge < -0.3 is 5.32 Å². The van der Waals surface area contributed by atoms with Gasteiger partial charge in [-0.05, 0) is 24.7 Å². The average molecular weight is 281 g/mol. The van der Waals surface area contributed by atoms with Crippen LogP contribution in [0.2, 0.25) is 5.02 Å². The Hall–Kier alpha value is -0.780. The Morgan fingerprint density at radius 3 is 2.33 bits per heavy atom. The van der Waals surface area contributed by atoms with Crippen molar-refractivity contribution in [3.8, 4) is 0 Å². The van der Waals surface area contributed by atoms with Gasteiger partial charge in [-0.3, -0.25) is 4.90 Å². The number of halogens is 4. The molecule has 1 N–H and O–H groups in total. The normalized spacial score (nSPS) is 12.1. The molecule has 0 saturated carbocycles. The standard InChI is InChI=1S/C12H16ClF3N2/c1-17-6-7-18(9-12(14,15)16)8-10-2-4-11(13)5-3-10/h2-5,17H,6-9H2,1H3. The second kappa shape index (κ2) is 6.97. The van der Waals surface area contributed by atoms with E-state index in [1.54, 1.807) is 31.3 Å². The lowest BCUT2D eigenvalue weighted by Gasteiger charge is -2.23. The van der Waals surface area contributed by atoms with Gasteiger partial charge in [0.05, 0.1) is 6.54 Å². The van der Waals surface area contributed by atoms with E-state index >= 15 is 0 Å². The molecule has 102 valence electrons. The van der Waals surface area contributed by atoms with Crippen molar-refractivity contribution in [3.05, 3.63) is 34.9 Å². The van der Waals surface area contributed by atoms with Crippen LogP contribution in [0.4, 0.5) is 13.2 Å². The lowest BCUT2D eigenvalue weighted by molar-refractivity contribution is -0.146. The van der Waals surface area contributed by atoms with Gasteiger partial charge in [0.2, 0.25) is 0 Å². The minimum Gasteiger partial charge on any atom is -0.318 e. The summed E-state index contributed by atoms with van der Waals surface area (Å²) in [5, 5.41) is 3.43. The van der Waals surface area contributed by atoms with Crippen molar-refractivity contribution in [2.75, 3.05) is 26.7 Å². The Balaban J connectivity index is 2.62. The largest absolute Gasteiger partial charge is 0.401 e. The van der Waals surface area contributed by atoms with E-state index in [-0.39, 0.29) is 6.54 Å². The molecular weight excluding hydrogens is 265 g/mol. The van der Waals surface area contributed by atoms with Gasteiger partial charge in [-0.15, -0.1) is 0 Å². The molecule has 0 amide bonds. The van der Waals surface area contributed by atoms with Gasteiger partial charge in [0, 0.05) is 24.7 Å². The molecule has 0 bridgehead atoms. The molecule has 0 aliphatic carbocycles. The molecule has 1 aromatic rings. The monoisotopic (exact) mass is 280 g/mol. The van der Waals surface area contributed by atoms with Gasteiger partial charge in [0.15, 0.2) is 0 Å². The van der Waals surface area contributed by atoms with Crippen molar-refractivity contribution in [3.63, 3.8) is 0 Å². The summed E-state index contributed by atoms with van der Waals surface area (Å²) >= 11 is 5.73. The summed E-state index contributed by atoms with van der Waals surface area (Å²) in [6.07, 6.45) is -4.18. The third-order valence-electron chi connectivity index (χ3n) is 2.40. The van der Waals surface area contributed by atoms with Crippen LogP contribution >= 0.6 is 11.6 Å².